The molecule has 3 N–H and O–H groups in total. The summed E-state index contributed by atoms with van der Waals surface area (Å²) in [6.45, 7) is 7.01. The minimum absolute atomic E-state index is 0.0125. The van der Waals surface area contributed by atoms with Gasteiger partial charge in [-0.3, -0.25) is 0 Å². The molecule has 4 heteroatoms. The monoisotopic (exact) mass is 263 g/mol. The van der Waals surface area contributed by atoms with Crippen LogP contribution in [0.2, 0.25) is 0 Å². The summed E-state index contributed by atoms with van der Waals surface area (Å²) in [6, 6.07) is 7.58. The molecule has 106 valence electrons. The van der Waals surface area contributed by atoms with Gasteiger partial charge in [0.1, 0.15) is 0 Å². The number of hydrogen-bond donors (Lipinski definition) is 2. The molecule has 0 fully saturated rings. The quantitative estimate of drug-likeness (QED) is 0.857. The fourth-order valence-corrected chi connectivity index (χ4v) is 1.64. The van der Waals surface area contributed by atoms with Crippen molar-refractivity contribution in [1.29, 1.82) is 0 Å². The van der Waals surface area contributed by atoms with E-state index in [0.717, 1.165) is 24.2 Å². The molecule has 1 rings (SSSR count). The molecular weight excluding hydrogens is 238 g/mol. The third kappa shape index (κ3) is 5.30. The molecule has 0 saturated carbocycles. The van der Waals surface area contributed by atoms with E-state index in [4.69, 9.17) is 5.73 Å². The second-order valence-electron chi connectivity index (χ2n) is 5.44. The van der Waals surface area contributed by atoms with Gasteiger partial charge in [-0.1, -0.05) is 26.0 Å². The smallest absolute Gasteiger partial charge is 0.321 e. The van der Waals surface area contributed by atoms with Crippen molar-refractivity contribution in [2.75, 3.05) is 18.9 Å². The maximum Gasteiger partial charge on any atom is 0.321 e. The second kappa shape index (κ2) is 7.14. The number of carbonyl (C=O) groups is 1. The molecule has 2 amide bonds. The lowest BCUT2D eigenvalue weighted by Crippen LogP contribution is -2.32. The van der Waals surface area contributed by atoms with Crippen LogP contribution in [-0.4, -0.2) is 24.5 Å². The average Bonchev–Trinajstić information content (AvgIpc) is 2.36. The van der Waals surface area contributed by atoms with Crippen LogP contribution < -0.4 is 11.1 Å². The first kappa shape index (κ1) is 15.5. The Balaban J connectivity index is 2.51. The summed E-state index contributed by atoms with van der Waals surface area (Å²) in [5.41, 5.74) is 7.64. The van der Waals surface area contributed by atoms with Crippen molar-refractivity contribution in [2.24, 2.45) is 11.7 Å². The maximum absolute atomic E-state index is 11.9. The molecule has 19 heavy (non-hydrogen) atoms. The minimum atomic E-state index is -0.0748. The summed E-state index contributed by atoms with van der Waals surface area (Å²) < 4.78 is 0. The van der Waals surface area contributed by atoms with Crippen LogP contribution in [0, 0.1) is 5.92 Å². The van der Waals surface area contributed by atoms with E-state index in [1.165, 1.54) is 0 Å². The Kier molecular flexibility index (Phi) is 5.83. The van der Waals surface area contributed by atoms with Gasteiger partial charge in [0.05, 0.1) is 0 Å². The van der Waals surface area contributed by atoms with Crippen LogP contribution in [0.25, 0.3) is 0 Å². The number of rotatable bonds is 5. The van der Waals surface area contributed by atoms with E-state index in [1.807, 2.05) is 38.2 Å². The Morgan fingerprint density at radius 1 is 1.26 bits per heavy atom. The van der Waals surface area contributed by atoms with Gasteiger partial charge in [-0.25, -0.2) is 4.79 Å². The van der Waals surface area contributed by atoms with Crippen molar-refractivity contribution in [3.63, 3.8) is 0 Å². The summed E-state index contributed by atoms with van der Waals surface area (Å²) in [5.74, 6) is 0.598. The molecule has 0 radical (unpaired) electrons. The van der Waals surface area contributed by atoms with Crippen molar-refractivity contribution >= 4 is 11.7 Å². The van der Waals surface area contributed by atoms with Crippen LogP contribution in [-0.2, 0) is 0 Å². The minimum Gasteiger partial charge on any atom is -0.328 e. The van der Waals surface area contributed by atoms with Crippen LogP contribution in [0.4, 0.5) is 10.5 Å². The van der Waals surface area contributed by atoms with Crippen LogP contribution in [0.3, 0.4) is 0 Å². The predicted octanol–water partition coefficient (Wildman–Crippen LogP) is 3.22. The summed E-state index contributed by atoms with van der Waals surface area (Å²) >= 11 is 0. The van der Waals surface area contributed by atoms with Crippen molar-refractivity contribution in [3.05, 3.63) is 29.8 Å². The molecule has 1 aromatic carbocycles. The highest BCUT2D eigenvalue weighted by Crippen LogP contribution is 2.14. The van der Waals surface area contributed by atoms with E-state index in [9.17, 15) is 4.79 Å². The largest absolute Gasteiger partial charge is 0.328 e. The number of carbonyl (C=O) groups excluding carboxylic acids is 1. The number of nitrogens with zero attached hydrogens (tertiary/aromatic N) is 1. The summed E-state index contributed by atoms with van der Waals surface area (Å²) in [4.78, 5) is 13.6. The zero-order valence-electron chi connectivity index (χ0n) is 12.3. The molecule has 0 aliphatic rings. The average molecular weight is 263 g/mol. The Morgan fingerprint density at radius 3 is 2.32 bits per heavy atom. The number of benzene rings is 1. The molecule has 0 aromatic heterocycles. The number of anilines is 1. The van der Waals surface area contributed by atoms with Gasteiger partial charge in [0, 0.05) is 25.3 Å². The molecule has 0 aliphatic heterocycles. The summed E-state index contributed by atoms with van der Waals surface area (Å²) in [7, 11) is 1.81. The topological polar surface area (TPSA) is 58.4 Å². The Bertz CT molecular complexity index is 398. The molecule has 0 spiro atoms. The molecule has 4 nitrogen and oxygen atoms in total. The van der Waals surface area contributed by atoms with Gasteiger partial charge < -0.3 is 16.0 Å². The lowest BCUT2D eigenvalue weighted by molar-refractivity contribution is 0.220. The number of amides is 2. The third-order valence-electron chi connectivity index (χ3n) is 3.08. The van der Waals surface area contributed by atoms with Crippen molar-refractivity contribution < 1.29 is 4.79 Å². The van der Waals surface area contributed by atoms with Crippen LogP contribution in [0.15, 0.2) is 24.3 Å². The van der Waals surface area contributed by atoms with E-state index in [1.54, 1.807) is 4.90 Å². The molecular formula is C15H25N3O. The highest BCUT2D eigenvalue weighted by atomic mass is 16.2. The number of urea groups is 1. The number of nitrogens with one attached hydrogen (secondary N) is 1. The molecule has 1 atom stereocenters. The SMILES string of the molecule is CC(C)CCN(C)C(=O)Nc1ccc(C(C)N)cc1. The van der Waals surface area contributed by atoms with E-state index in [0.29, 0.717) is 5.92 Å². The van der Waals surface area contributed by atoms with Crippen molar-refractivity contribution in [3.8, 4) is 0 Å². The molecule has 0 bridgehead atoms. The Labute approximate surface area is 116 Å². The summed E-state index contributed by atoms with van der Waals surface area (Å²) in [6.07, 6.45) is 1.01. The van der Waals surface area contributed by atoms with Crippen LogP contribution in [0.1, 0.15) is 38.8 Å². The van der Waals surface area contributed by atoms with Crippen molar-refractivity contribution in [1.82, 2.24) is 4.90 Å². The molecule has 0 aliphatic carbocycles. The maximum atomic E-state index is 11.9. The molecule has 1 unspecified atom stereocenters. The first-order chi connectivity index (χ1) is 8.90. The van der Waals surface area contributed by atoms with Gasteiger partial charge in [0.25, 0.3) is 0 Å². The van der Waals surface area contributed by atoms with Crippen molar-refractivity contribution in [2.45, 2.75) is 33.2 Å². The van der Waals surface area contributed by atoms with Gasteiger partial charge in [-0.15, -0.1) is 0 Å². The molecule has 0 heterocycles. The molecule has 1 aromatic rings. The van der Waals surface area contributed by atoms with Crippen LogP contribution in [0.5, 0.6) is 0 Å². The zero-order chi connectivity index (χ0) is 14.4. The lowest BCUT2D eigenvalue weighted by Gasteiger charge is -2.19. The van der Waals surface area contributed by atoms with Crippen LogP contribution >= 0.6 is 0 Å². The first-order valence-electron chi connectivity index (χ1n) is 6.77. The van der Waals surface area contributed by atoms with E-state index < -0.39 is 0 Å². The predicted molar refractivity (Wildman–Crippen MR) is 80.1 cm³/mol. The Hall–Kier alpha value is -1.55. The van der Waals surface area contributed by atoms with E-state index >= 15 is 0 Å². The summed E-state index contributed by atoms with van der Waals surface area (Å²) in [5, 5.41) is 2.88. The first-order valence-corrected chi connectivity index (χ1v) is 6.77. The zero-order valence-corrected chi connectivity index (χ0v) is 12.3. The molecule has 0 saturated heterocycles. The number of nitrogens with two attached hydrogens (primary N) is 1. The Morgan fingerprint density at radius 2 is 1.84 bits per heavy atom. The van der Waals surface area contributed by atoms with Gasteiger partial charge in [0.15, 0.2) is 0 Å². The second-order valence-corrected chi connectivity index (χ2v) is 5.44. The lowest BCUT2D eigenvalue weighted by atomic mass is 10.1. The van der Waals surface area contributed by atoms with Gasteiger partial charge >= 0.3 is 6.03 Å². The standard InChI is InChI=1S/C15H25N3O/c1-11(2)9-10-18(4)15(19)17-14-7-5-13(6-8-14)12(3)16/h5-8,11-12H,9-10,16H2,1-4H3,(H,17,19). The van der Waals surface area contributed by atoms with E-state index in [2.05, 4.69) is 19.2 Å². The highest BCUT2D eigenvalue weighted by molar-refractivity contribution is 5.89. The third-order valence-corrected chi connectivity index (χ3v) is 3.08. The number of hydrogen-bond acceptors (Lipinski definition) is 2. The fraction of sp³-hybridized carbons (Fsp3) is 0.533. The van der Waals surface area contributed by atoms with Gasteiger partial charge in [-0.2, -0.15) is 0 Å². The van der Waals surface area contributed by atoms with Gasteiger partial charge in [0.2, 0.25) is 0 Å². The van der Waals surface area contributed by atoms with Gasteiger partial charge in [-0.05, 0) is 37.0 Å². The normalized spacial score (nSPS) is 12.3. The fourth-order valence-electron chi connectivity index (χ4n) is 1.64. The van der Waals surface area contributed by atoms with E-state index in [-0.39, 0.29) is 12.1 Å². The highest BCUT2D eigenvalue weighted by Gasteiger charge is 2.09.